The van der Waals surface area contributed by atoms with Gasteiger partial charge in [-0.2, -0.15) is 0 Å². The SMILES string of the molecule is COc1ccc(/C=C(/F)c2nnc(-c3ccccc3)o2)cc1. The Morgan fingerprint density at radius 2 is 1.77 bits per heavy atom. The Morgan fingerprint density at radius 1 is 1.05 bits per heavy atom. The first-order chi connectivity index (χ1) is 10.8. The molecule has 3 aromatic rings. The quantitative estimate of drug-likeness (QED) is 0.723. The van der Waals surface area contributed by atoms with Crippen molar-refractivity contribution >= 4 is 11.9 Å². The summed E-state index contributed by atoms with van der Waals surface area (Å²) in [7, 11) is 1.58. The second kappa shape index (κ2) is 6.22. The molecular formula is C17H13FN2O2. The van der Waals surface area contributed by atoms with Crippen LogP contribution in [0.4, 0.5) is 4.39 Å². The van der Waals surface area contributed by atoms with Crippen LogP contribution in [0, 0.1) is 0 Å². The Labute approximate surface area is 126 Å². The first kappa shape index (κ1) is 14.0. The predicted molar refractivity (Wildman–Crippen MR) is 81.7 cm³/mol. The summed E-state index contributed by atoms with van der Waals surface area (Å²) >= 11 is 0. The third-order valence-corrected chi connectivity index (χ3v) is 3.06. The molecule has 0 aliphatic heterocycles. The smallest absolute Gasteiger partial charge is 0.276 e. The third-order valence-electron chi connectivity index (χ3n) is 3.06. The minimum Gasteiger partial charge on any atom is -0.497 e. The zero-order valence-corrected chi connectivity index (χ0v) is 11.9. The average molecular weight is 296 g/mol. The van der Waals surface area contributed by atoms with Crippen molar-refractivity contribution in [3.05, 3.63) is 66.1 Å². The van der Waals surface area contributed by atoms with Gasteiger partial charge < -0.3 is 9.15 Å². The summed E-state index contributed by atoms with van der Waals surface area (Å²) in [5.74, 6) is 0.269. The summed E-state index contributed by atoms with van der Waals surface area (Å²) in [6, 6.07) is 16.2. The van der Waals surface area contributed by atoms with Gasteiger partial charge in [0.2, 0.25) is 5.89 Å². The van der Waals surface area contributed by atoms with Crippen LogP contribution < -0.4 is 4.74 Å². The lowest BCUT2D eigenvalue weighted by Gasteiger charge is -1.99. The van der Waals surface area contributed by atoms with Gasteiger partial charge in [0.15, 0.2) is 5.83 Å². The fourth-order valence-electron chi connectivity index (χ4n) is 1.93. The molecule has 0 fully saturated rings. The average Bonchev–Trinajstić information content (AvgIpc) is 3.06. The molecule has 0 aliphatic rings. The van der Waals surface area contributed by atoms with E-state index in [0.717, 1.165) is 5.56 Å². The lowest BCUT2D eigenvalue weighted by molar-refractivity contribution is 0.415. The molecule has 0 unspecified atom stereocenters. The molecule has 0 saturated carbocycles. The Balaban J connectivity index is 1.84. The van der Waals surface area contributed by atoms with Crippen LogP contribution in [0.25, 0.3) is 23.4 Å². The van der Waals surface area contributed by atoms with Gasteiger partial charge in [-0.25, -0.2) is 4.39 Å². The van der Waals surface area contributed by atoms with E-state index < -0.39 is 5.83 Å². The zero-order valence-electron chi connectivity index (χ0n) is 11.9. The highest BCUT2D eigenvalue weighted by Crippen LogP contribution is 2.24. The molecule has 110 valence electrons. The standard InChI is InChI=1S/C17H13FN2O2/c1-21-14-9-7-12(8-10-14)11-15(18)17-20-19-16(22-17)13-5-3-2-4-6-13/h2-11H,1H3/b15-11+. The maximum Gasteiger partial charge on any atom is 0.276 e. The highest BCUT2D eigenvalue weighted by molar-refractivity contribution is 5.73. The maximum absolute atomic E-state index is 14.2. The Bertz CT molecular complexity index is 780. The number of methoxy groups -OCH3 is 1. The first-order valence-corrected chi connectivity index (χ1v) is 6.67. The molecule has 0 saturated heterocycles. The van der Waals surface area contributed by atoms with Crippen molar-refractivity contribution in [2.24, 2.45) is 0 Å². The molecule has 5 heteroatoms. The molecule has 22 heavy (non-hydrogen) atoms. The summed E-state index contributed by atoms with van der Waals surface area (Å²) in [5.41, 5.74) is 1.43. The van der Waals surface area contributed by atoms with Crippen molar-refractivity contribution in [3.63, 3.8) is 0 Å². The van der Waals surface area contributed by atoms with Crippen LogP contribution in [0.15, 0.2) is 59.0 Å². The Hall–Kier alpha value is -2.95. The van der Waals surface area contributed by atoms with Gasteiger partial charge in [-0.1, -0.05) is 30.3 Å². The Morgan fingerprint density at radius 3 is 2.45 bits per heavy atom. The largest absolute Gasteiger partial charge is 0.497 e. The number of ether oxygens (including phenoxy) is 1. The minimum absolute atomic E-state index is 0.144. The minimum atomic E-state index is -0.583. The van der Waals surface area contributed by atoms with Crippen molar-refractivity contribution in [1.29, 1.82) is 0 Å². The van der Waals surface area contributed by atoms with Crippen LogP contribution in [-0.2, 0) is 0 Å². The molecule has 1 heterocycles. The van der Waals surface area contributed by atoms with Crippen LogP contribution in [0.1, 0.15) is 11.5 Å². The molecule has 0 amide bonds. The molecule has 0 spiro atoms. The van der Waals surface area contributed by atoms with Crippen LogP contribution in [0.5, 0.6) is 5.75 Å². The van der Waals surface area contributed by atoms with Crippen LogP contribution >= 0.6 is 0 Å². The van der Waals surface area contributed by atoms with Gasteiger partial charge >= 0.3 is 0 Å². The number of aromatic nitrogens is 2. The molecule has 4 nitrogen and oxygen atoms in total. The molecule has 1 aromatic heterocycles. The van der Waals surface area contributed by atoms with Gasteiger partial charge in [-0.15, -0.1) is 10.2 Å². The second-order valence-corrected chi connectivity index (χ2v) is 4.54. The second-order valence-electron chi connectivity index (χ2n) is 4.54. The predicted octanol–water partition coefficient (Wildman–Crippen LogP) is 4.21. The highest BCUT2D eigenvalue weighted by Gasteiger charge is 2.12. The molecule has 0 radical (unpaired) electrons. The van der Waals surface area contributed by atoms with Gasteiger partial charge in [-0.3, -0.25) is 0 Å². The van der Waals surface area contributed by atoms with Crippen LogP contribution in [0.2, 0.25) is 0 Å². The summed E-state index contributed by atoms with van der Waals surface area (Å²) in [5, 5.41) is 7.60. The Kier molecular flexibility index (Phi) is 3.96. The van der Waals surface area contributed by atoms with Gasteiger partial charge in [0.25, 0.3) is 5.89 Å². The van der Waals surface area contributed by atoms with Gasteiger partial charge in [0, 0.05) is 5.56 Å². The summed E-state index contributed by atoms with van der Waals surface area (Å²) < 4.78 is 24.6. The zero-order chi connectivity index (χ0) is 15.4. The number of nitrogens with zero attached hydrogens (tertiary/aromatic N) is 2. The molecule has 0 atom stereocenters. The fraction of sp³-hybridized carbons (Fsp3) is 0.0588. The van der Waals surface area contributed by atoms with E-state index in [-0.39, 0.29) is 11.8 Å². The van der Waals surface area contributed by atoms with Crippen molar-refractivity contribution in [3.8, 4) is 17.2 Å². The topological polar surface area (TPSA) is 48.2 Å². The fourth-order valence-corrected chi connectivity index (χ4v) is 1.93. The monoisotopic (exact) mass is 296 g/mol. The summed E-state index contributed by atoms with van der Waals surface area (Å²) in [6.45, 7) is 0. The van der Waals surface area contributed by atoms with E-state index in [9.17, 15) is 4.39 Å². The molecule has 0 aliphatic carbocycles. The van der Waals surface area contributed by atoms with E-state index in [1.807, 2.05) is 30.3 Å². The lowest BCUT2D eigenvalue weighted by Crippen LogP contribution is -1.82. The molecular weight excluding hydrogens is 283 g/mol. The van der Waals surface area contributed by atoms with E-state index in [4.69, 9.17) is 9.15 Å². The first-order valence-electron chi connectivity index (χ1n) is 6.67. The lowest BCUT2D eigenvalue weighted by atomic mass is 10.2. The van der Waals surface area contributed by atoms with Crippen molar-refractivity contribution < 1.29 is 13.5 Å². The van der Waals surface area contributed by atoms with Crippen molar-refractivity contribution in [2.45, 2.75) is 0 Å². The van der Waals surface area contributed by atoms with E-state index in [1.165, 1.54) is 6.08 Å². The van der Waals surface area contributed by atoms with E-state index in [2.05, 4.69) is 10.2 Å². The van der Waals surface area contributed by atoms with E-state index >= 15 is 0 Å². The van der Waals surface area contributed by atoms with Gasteiger partial charge in [0.1, 0.15) is 5.75 Å². The maximum atomic E-state index is 14.2. The number of hydrogen-bond donors (Lipinski definition) is 0. The summed E-state index contributed by atoms with van der Waals surface area (Å²) in [6.07, 6.45) is 1.34. The van der Waals surface area contributed by atoms with Gasteiger partial charge in [-0.05, 0) is 35.9 Å². The van der Waals surface area contributed by atoms with Crippen LogP contribution in [0.3, 0.4) is 0 Å². The van der Waals surface area contributed by atoms with Crippen LogP contribution in [-0.4, -0.2) is 17.3 Å². The number of hydrogen-bond acceptors (Lipinski definition) is 4. The van der Waals surface area contributed by atoms with Crippen molar-refractivity contribution in [1.82, 2.24) is 10.2 Å². The normalized spacial score (nSPS) is 11.5. The van der Waals surface area contributed by atoms with E-state index in [1.54, 1.807) is 31.4 Å². The molecule has 0 bridgehead atoms. The van der Waals surface area contributed by atoms with E-state index in [0.29, 0.717) is 11.3 Å². The molecule has 3 rings (SSSR count). The highest BCUT2D eigenvalue weighted by atomic mass is 19.1. The number of halogens is 1. The molecule has 0 N–H and O–H groups in total. The third kappa shape index (κ3) is 3.03. The van der Waals surface area contributed by atoms with Crippen molar-refractivity contribution in [2.75, 3.05) is 7.11 Å². The number of benzene rings is 2. The number of rotatable bonds is 4. The summed E-state index contributed by atoms with van der Waals surface area (Å²) in [4.78, 5) is 0. The van der Waals surface area contributed by atoms with Gasteiger partial charge in [0.05, 0.1) is 7.11 Å². The molecule has 2 aromatic carbocycles.